The first-order valence-electron chi connectivity index (χ1n) is 40.6. The molecule has 0 aliphatic carbocycles. The molecule has 10 saturated heterocycles. The van der Waals surface area contributed by atoms with Crippen molar-refractivity contribution >= 4 is 29.6 Å². The Morgan fingerprint density at radius 3 is 1.15 bits per heavy atom. The van der Waals surface area contributed by atoms with Gasteiger partial charge in [0.2, 0.25) is 23.6 Å². The highest BCUT2D eigenvalue weighted by molar-refractivity contribution is 5.77. The fourth-order valence-corrected chi connectivity index (χ4v) is 16.6. The number of carbonyl (C=O) groups excluding carboxylic acids is 4. The molecular formula is C71H118N4O53. The van der Waals surface area contributed by atoms with Gasteiger partial charge in [0.15, 0.2) is 56.6 Å². The molecule has 10 aliphatic heterocycles. The molecule has 51 atom stereocenters. The Bertz CT molecular complexity index is 3530. The second kappa shape index (κ2) is 45.4. The first-order chi connectivity index (χ1) is 60.4. The van der Waals surface area contributed by atoms with Gasteiger partial charge < -0.3 is 259 Å². The van der Waals surface area contributed by atoms with Crippen LogP contribution in [0.1, 0.15) is 41.0 Å². The van der Waals surface area contributed by atoms with Crippen LogP contribution in [-0.2, 0) is 114 Å². The van der Waals surface area contributed by atoms with Gasteiger partial charge in [0.1, 0.15) is 232 Å². The van der Waals surface area contributed by atoms with Gasteiger partial charge in [-0.05, 0) is 6.92 Å². The van der Waals surface area contributed by atoms with Crippen molar-refractivity contribution in [1.29, 1.82) is 0 Å². The smallest absolute Gasteiger partial charge is 0.364 e. The van der Waals surface area contributed by atoms with Crippen LogP contribution in [0.5, 0.6) is 0 Å². The maximum Gasteiger partial charge on any atom is 0.364 e. The third-order valence-electron chi connectivity index (χ3n) is 23.4. The molecule has 0 saturated carbocycles. The Labute approximate surface area is 723 Å². The van der Waals surface area contributed by atoms with Crippen molar-refractivity contribution in [2.75, 3.05) is 59.5 Å². The third-order valence-corrected chi connectivity index (χ3v) is 23.4. The van der Waals surface area contributed by atoms with Crippen LogP contribution in [0, 0.1) is 0 Å². The van der Waals surface area contributed by atoms with E-state index in [1.54, 1.807) is 0 Å². The first kappa shape index (κ1) is 106. The maximum absolute atomic E-state index is 13.8. The summed E-state index contributed by atoms with van der Waals surface area (Å²) in [5.74, 6) is -9.56. The van der Waals surface area contributed by atoms with E-state index in [1.807, 2.05) is 0 Å². The zero-order chi connectivity index (χ0) is 94.6. The van der Waals surface area contributed by atoms with E-state index in [0.717, 1.165) is 27.7 Å². The molecule has 10 aliphatic rings. The summed E-state index contributed by atoms with van der Waals surface area (Å²) >= 11 is 0. The second-order valence-electron chi connectivity index (χ2n) is 32.4. The van der Waals surface area contributed by atoms with Gasteiger partial charge in [-0.3, -0.25) is 19.2 Å². The molecular weight excluding hydrogens is 1760 g/mol. The first-order valence-corrected chi connectivity index (χ1v) is 40.6. The summed E-state index contributed by atoms with van der Waals surface area (Å²) in [7, 11) is 0. The highest BCUT2D eigenvalue weighted by Crippen LogP contribution is 2.43. The topological polar surface area (TPSA) is 896 Å². The van der Waals surface area contributed by atoms with Crippen molar-refractivity contribution < 1.29 is 262 Å². The normalized spacial score (nSPS) is 48.4. The molecule has 0 spiro atoms. The van der Waals surface area contributed by atoms with Gasteiger partial charge in [-0.2, -0.15) is 0 Å². The van der Waals surface area contributed by atoms with Crippen molar-refractivity contribution in [3.05, 3.63) is 0 Å². The van der Waals surface area contributed by atoms with Gasteiger partial charge in [-0.15, -0.1) is 0 Å². The van der Waals surface area contributed by atoms with Crippen LogP contribution >= 0.6 is 0 Å². The van der Waals surface area contributed by atoms with Crippen LogP contribution in [0.25, 0.3) is 0 Å². The molecule has 128 heavy (non-hydrogen) atoms. The summed E-state index contributed by atoms with van der Waals surface area (Å²) in [6.07, 6.45) is -101. The third kappa shape index (κ3) is 22.9. The number of aliphatic hydroxyl groups excluding tert-OH is 28. The van der Waals surface area contributed by atoms with Crippen LogP contribution in [0.15, 0.2) is 0 Å². The highest BCUT2D eigenvalue weighted by Gasteiger charge is 2.64. The van der Waals surface area contributed by atoms with E-state index in [0.29, 0.717) is 0 Å². The Morgan fingerprint density at radius 2 is 0.680 bits per heavy atom. The van der Waals surface area contributed by atoms with E-state index in [4.69, 9.17) is 90.0 Å². The Kier molecular flexibility index (Phi) is 37.4. The number of amides is 4. The fraction of sp³-hybridized carbons (Fsp3) is 0.930. The minimum atomic E-state index is -3.41. The lowest BCUT2D eigenvalue weighted by Gasteiger charge is -2.52. The molecule has 57 nitrogen and oxygen atoms in total. The van der Waals surface area contributed by atoms with E-state index in [1.165, 1.54) is 6.92 Å². The number of hydrogen-bond acceptors (Lipinski definition) is 52. The summed E-state index contributed by atoms with van der Waals surface area (Å²) in [4.78, 5) is 65.6. The van der Waals surface area contributed by atoms with Crippen molar-refractivity contribution in [1.82, 2.24) is 21.3 Å². The predicted molar refractivity (Wildman–Crippen MR) is 392 cm³/mol. The Hall–Kier alpha value is -4.53. The van der Waals surface area contributed by atoms with Crippen LogP contribution in [0.3, 0.4) is 0 Å². The van der Waals surface area contributed by atoms with Gasteiger partial charge in [-0.25, -0.2) is 4.79 Å². The number of carboxylic acid groups (broad SMARTS) is 1. The summed E-state index contributed by atoms with van der Waals surface area (Å²) in [5, 5.41) is 333. The number of nitrogens with one attached hydrogen (secondary N) is 4. The lowest BCUT2D eigenvalue weighted by Crippen LogP contribution is -2.72. The van der Waals surface area contributed by atoms with Crippen molar-refractivity contribution in [3.8, 4) is 0 Å². The lowest BCUT2D eigenvalue weighted by molar-refractivity contribution is -0.400. The van der Waals surface area contributed by atoms with Crippen molar-refractivity contribution in [2.24, 2.45) is 0 Å². The fourth-order valence-electron chi connectivity index (χ4n) is 16.6. The minimum Gasteiger partial charge on any atom is -0.477 e. The number of aliphatic carboxylic acids is 1. The number of rotatable bonds is 34. The number of carboxylic acids is 1. The molecule has 4 amide bonds. The SMILES string of the molecule is CC(=O)N[C@H]1[C@H](O[C@H]2[C@@H](O)[C@@H](CO)O[C@@H](O[C@H]3[C@H](O)[C@@H](NC(C)=O)[C@H](OC[C@H]4O[C@@H](O[C@H]5[C@H](O)[C@@H](O)C(O)O[C@@H]5CO)[C@H](O)[C@@H](O[C@@H]5O[C@H](CO)[C@@H](O[C@@H]6O[C@@H](C)[C@@H](O)[C@@H](O)[C@@H]6O)[C@H](O[C@@H]6O[C@H](CO)[C@H](O)[C@H](O[C@]7(C(=O)O)C[C@H](O)[C@@H](NC(C)=O)[C@H]([C@H](O)[C@H](O)CO)O7)[C@H]6O)[C@H]5NC(C)=O)[C@H]4O)O[C@@H]3CO)[C@@H]2O)O[C@H](CO)[C@@H](O[C@@H]2O[C@H](CO)[C@H](O)[C@H](O)[C@H]2O)[C@@H]1O. The second-order valence-corrected chi connectivity index (χ2v) is 32.4. The van der Waals surface area contributed by atoms with Crippen molar-refractivity contribution in [2.45, 2.75) is 353 Å². The van der Waals surface area contributed by atoms with E-state index < -0.39 is 408 Å². The number of ether oxygens (including phenoxy) is 19. The average Bonchev–Trinajstić information content (AvgIpc) is 0.744. The molecule has 740 valence electrons. The number of carbonyl (C=O) groups is 5. The molecule has 1 unspecified atom stereocenters. The molecule has 10 rings (SSSR count). The molecule has 0 aromatic carbocycles. The highest BCUT2D eigenvalue weighted by atomic mass is 16.8. The van der Waals surface area contributed by atoms with E-state index in [-0.39, 0.29) is 0 Å². The molecule has 0 aromatic rings. The van der Waals surface area contributed by atoms with Crippen LogP contribution in [0.4, 0.5) is 0 Å². The van der Waals surface area contributed by atoms with Gasteiger partial charge in [0.25, 0.3) is 5.79 Å². The summed E-state index contributed by atoms with van der Waals surface area (Å²) < 4.78 is 113. The minimum absolute atomic E-state index is 0.839. The molecule has 0 radical (unpaired) electrons. The quantitative estimate of drug-likeness (QED) is 0.0284. The van der Waals surface area contributed by atoms with E-state index in [9.17, 15) is 172 Å². The van der Waals surface area contributed by atoms with Gasteiger partial charge in [-0.1, -0.05) is 0 Å². The maximum atomic E-state index is 13.8. The Morgan fingerprint density at radius 1 is 0.336 bits per heavy atom. The number of aliphatic hydroxyl groups is 28. The van der Waals surface area contributed by atoms with Crippen molar-refractivity contribution in [3.63, 3.8) is 0 Å². The molecule has 33 N–H and O–H groups in total. The van der Waals surface area contributed by atoms with E-state index in [2.05, 4.69) is 21.3 Å². The molecule has 0 aromatic heterocycles. The predicted octanol–water partition coefficient (Wildman–Crippen LogP) is -22.0. The Balaban J connectivity index is 0.954. The zero-order valence-electron chi connectivity index (χ0n) is 68.7. The zero-order valence-corrected chi connectivity index (χ0v) is 68.7. The monoisotopic (exact) mass is 1870 g/mol. The molecule has 0 bridgehead atoms. The molecule has 10 heterocycles. The van der Waals surface area contributed by atoms with E-state index >= 15 is 0 Å². The van der Waals surface area contributed by atoms with Crippen LogP contribution in [0.2, 0.25) is 0 Å². The summed E-state index contributed by atoms with van der Waals surface area (Å²) in [6.45, 7) is -5.80. The van der Waals surface area contributed by atoms with Gasteiger partial charge in [0, 0.05) is 34.1 Å². The largest absolute Gasteiger partial charge is 0.477 e. The van der Waals surface area contributed by atoms with Crippen LogP contribution < -0.4 is 21.3 Å². The molecule has 10 fully saturated rings. The summed E-state index contributed by atoms with van der Waals surface area (Å²) in [5.41, 5.74) is 0. The standard InChI is InChI=1S/C71H118N4O53/c1-16-35(90)43(98)47(102)65(111-16)123-55-29(14-83)118-64(34(75-20(5)87)57(55)124-69-51(106)60(39(94)25(10-79)115-69)128-71(70(108)109)6-21(88)31(72-17(2)84)56(127-71)36(91)22(89)7-76)126-59-40(95)30(119-68(50(59)105)122-54-26(11-80)112-61(107)46(101)45(54)100)15-110-62-32(73-18(3)85)41(96)52(27(12-81)116-62)121-67-49(104)58(38(93)24(9-78)114-67)125-63-33(74-19(4)86)42(97)53(28(13-82)117-63)120-66-48(103)44(99)37(92)23(8-77)113-66/h16,21-69,76-83,88-107H,6-15H2,1-5H3,(H,72,84)(H,73,85)(H,74,86)(H,75,87)(H,108,109)/t16-,21-,22+,23+,24+,25+,26+,27+,28+,29+,30+,31+,32+,33+,34+,35+,36+,37-,38-,39-,40-,41+,42+,43+,44-,45+,46+,47-,48+,49+,50+,51+,52+,53+,54+,55+,56+,57+,58-,59-,60-,61?,62+,63-,64-,65-,66-,67-,68-,69-,71-/m0/s1. The van der Waals surface area contributed by atoms with Gasteiger partial charge >= 0.3 is 5.97 Å². The molecule has 57 heteroatoms. The van der Waals surface area contributed by atoms with Crippen LogP contribution in [-0.4, -0.2) is 550 Å². The summed E-state index contributed by atoms with van der Waals surface area (Å²) in [6, 6.07) is -7.89. The lowest BCUT2D eigenvalue weighted by atomic mass is 9.88. The average molecular weight is 1880 g/mol. The van der Waals surface area contributed by atoms with Gasteiger partial charge in [0.05, 0.1) is 77.7 Å². The number of hydrogen-bond donors (Lipinski definition) is 33.